The maximum absolute atomic E-state index is 13.0. The molecule has 0 aliphatic heterocycles. The molecule has 0 bridgehead atoms. The molecule has 2 aromatic carbocycles. The van der Waals surface area contributed by atoms with Crippen LogP contribution < -0.4 is 5.32 Å². The van der Waals surface area contributed by atoms with Crippen molar-refractivity contribution in [3.8, 4) is 0 Å². The van der Waals surface area contributed by atoms with Gasteiger partial charge in [0.25, 0.3) is 5.91 Å². The Bertz CT molecular complexity index is 744. The summed E-state index contributed by atoms with van der Waals surface area (Å²) >= 11 is 5.59. The zero-order chi connectivity index (χ0) is 17.0. The number of alkyl halides is 3. The van der Waals surface area contributed by atoms with Crippen LogP contribution >= 0.6 is 11.6 Å². The molecular weight excluding hydrogens is 331 g/mol. The molecule has 0 saturated carbocycles. The molecule has 0 aliphatic rings. The van der Waals surface area contributed by atoms with Crippen molar-refractivity contribution in [2.45, 2.75) is 12.7 Å². The first-order valence-corrected chi connectivity index (χ1v) is 6.88. The molecule has 7 heteroatoms. The minimum Gasteiger partial charge on any atom is -0.348 e. The van der Waals surface area contributed by atoms with Crippen LogP contribution in [-0.4, -0.2) is 12.2 Å². The monoisotopic (exact) mass is 341 g/mol. The van der Waals surface area contributed by atoms with Crippen LogP contribution in [0.4, 0.5) is 13.2 Å². The summed E-state index contributed by atoms with van der Waals surface area (Å²) in [6.45, 7) is -0.309. The van der Waals surface area contributed by atoms with Gasteiger partial charge in [-0.3, -0.25) is 9.59 Å². The van der Waals surface area contributed by atoms with E-state index in [9.17, 15) is 22.8 Å². The Morgan fingerprint density at radius 2 is 1.91 bits per heavy atom. The third kappa shape index (κ3) is 4.32. The number of hydrogen-bond donors (Lipinski definition) is 1. The van der Waals surface area contributed by atoms with Gasteiger partial charge in [0, 0.05) is 22.7 Å². The molecule has 0 atom stereocenters. The van der Waals surface area contributed by atoms with Crippen molar-refractivity contribution in [2.24, 2.45) is 0 Å². The maximum atomic E-state index is 13.0. The topological polar surface area (TPSA) is 46.2 Å². The van der Waals surface area contributed by atoms with E-state index in [2.05, 4.69) is 5.32 Å². The van der Waals surface area contributed by atoms with Crippen molar-refractivity contribution < 1.29 is 22.8 Å². The molecule has 0 unspecified atom stereocenters. The number of rotatable bonds is 4. The number of benzene rings is 2. The molecule has 23 heavy (non-hydrogen) atoms. The van der Waals surface area contributed by atoms with E-state index in [1.807, 2.05) is 0 Å². The molecule has 1 amide bonds. The van der Waals surface area contributed by atoms with E-state index in [4.69, 9.17) is 11.6 Å². The lowest BCUT2D eigenvalue weighted by Gasteiger charge is -2.14. The zero-order valence-corrected chi connectivity index (χ0v) is 12.4. The van der Waals surface area contributed by atoms with Crippen molar-refractivity contribution in [2.75, 3.05) is 0 Å². The van der Waals surface area contributed by atoms with Gasteiger partial charge in [0.05, 0.1) is 5.56 Å². The highest BCUT2D eigenvalue weighted by Crippen LogP contribution is 2.33. The summed E-state index contributed by atoms with van der Waals surface area (Å²) in [4.78, 5) is 22.7. The molecule has 0 aliphatic carbocycles. The van der Waals surface area contributed by atoms with Crippen molar-refractivity contribution in [1.29, 1.82) is 0 Å². The van der Waals surface area contributed by atoms with Gasteiger partial charge < -0.3 is 5.32 Å². The van der Waals surface area contributed by atoms with Crippen molar-refractivity contribution in [1.82, 2.24) is 5.32 Å². The highest BCUT2D eigenvalue weighted by molar-refractivity contribution is 6.30. The molecule has 0 spiro atoms. The Morgan fingerprint density at radius 1 is 1.17 bits per heavy atom. The first-order chi connectivity index (χ1) is 10.8. The second-order valence-electron chi connectivity index (χ2n) is 4.73. The van der Waals surface area contributed by atoms with Crippen LogP contribution in [0.25, 0.3) is 0 Å². The van der Waals surface area contributed by atoms with Gasteiger partial charge in [-0.25, -0.2) is 0 Å². The fourth-order valence-corrected chi connectivity index (χ4v) is 2.17. The van der Waals surface area contributed by atoms with Gasteiger partial charge in [-0.2, -0.15) is 13.2 Å². The average molecular weight is 342 g/mol. The largest absolute Gasteiger partial charge is 0.416 e. The first-order valence-electron chi connectivity index (χ1n) is 6.50. The Balaban J connectivity index is 2.17. The molecule has 0 fully saturated rings. The Kier molecular flexibility index (Phi) is 5.05. The van der Waals surface area contributed by atoms with E-state index in [1.165, 1.54) is 36.4 Å². The zero-order valence-electron chi connectivity index (χ0n) is 11.7. The Hall–Kier alpha value is -2.34. The highest BCUT2D eigenvalue weighted by atomic mass is 35.5. The smallest absolute Gasteiger partial charge is 0.348 e. The molecule has 2 rings (SSSR count). The van der Waals surface area contributed by atoms with Crippen LogP contribution in [0.5, 0.6) is 0 Å². The summed E-state index contributed by atoms with van der Waals surface area (Å²) < 4.78 is 38.9. The van der Waals surface area contributed by atoms with Gasteiger partial charge in [-0.1, -0.05) is 29.8 Å². The number of carbonyl (C=O) groups is 2. The lowest BCUT2D eigenvalue weighted by Crippen LogP contribution is -2.24. The average Bonchev–Trinajstić information content (AvgIpc) is 2.52. The number of nitrogens with one attached hydrogen (secondary N) is 1. The SMILES string of the molecule is O=Cc1cccc(C(=O)NCc2ccc(Cl)cc2C(F)(F)F)c1. The number of aldehydes is 1. The molecule has 0 radical (unpaired) electrons. The minimum absolute atomic E-state index is 0.0360. The second-order valence-corrected chi connectivity index (χ2v) is 5.16. The lowest BCUT2D eigenvalue weighted by molar-refractivity contribution is -0.138. The van der Waals surface area contributed by atoms with Gasteiger partial charge >= 0.3 is 6.18 Å². The van der Waals surface area contributed by atoms with Crippen LogP contribution in [0.15, 0.2) is 42.5 Å². The highest BCUT2D eigenvalue weighted by Gasteiger charge is 2.33. The third-order valence-corrected chi connectivity index (χ3v) is 3.34. The van der Waals surface area contributed by atoms with Crippen LogP contribution in [0.2, 0.25) is 5.02 Å². The van der Waals surface area contributed by atoms with Gasteiger partial charge in [0.15, 0.2) is 0 Å². The lowest BCUT2D eigenvalue weighted by atomic mass is 10.1. The minimum atomic E-state index is -4.57. The molecule has 120 valence electrons. The first kappa shape index (κ1) is 17.0. The summed E-state index contributed by atoms with van der Waals surface area (Å²) in [5, 5.41) is 2.36. The molecule has 0 heterocycles. The third-order valence-electron chi connectivity index (χ3n) is 3.10. The van der Waals surface area contributed by atoms with E-state index in [1.54, 1.807) is 0 Å². The summed E-state index contributed by atoms with van der Waals surface area (Å²) in [6, 6.07) is 9.21. The molecule has 2 aromatic rings. The summed E-state index contributed by atoms with van der Waals surface area (Å²) in [5.41, 5.74) is -0.494. The number of carbonyl (C=O) groups excluding carboxylic acids is 2. The number of halogens is 4. The molecule has 0 saturated heterocycles. The molecule has 3 nitrogen and oxygen atoms in total. The maximum Gasteiger partial charge on any atom is 0.416 e. The second kappa shape index (κ2) is 6.83. The fourth-order valence-electron chi connectivity index (χ4n) is 2.00. The van der Waals surface area contributed by atoms with Crippen molar-refractivity contribution >= 4 is 23.8 Å². The van der Waals surface area contributed by atoms with E-state index in [-0.39, 0.29) is 22.7 Å². The predicted molar refractivity (Wildman–Crippen MR) is 79.5 cm³/mol. The summed E-state index contributed by atoms with van der Waals surface area (Å²) in [6.07, 6.45) is -3.99. The molecular formula is C16H11ClF3NO2. The Labute approximate surface area is 135 Å². The van der Waals surface area contributed by atoms with Crippen molar-refractivity contribution in [3.63, 3.8) is 0 Å². The quantitative estimate of drug-likeness (QED) is 0.851. The predicted octanol–water partition coefficient (Wildman–Crippen LogP) is 4.10. The van der Waals surface area contributed by atoms with Gasteiger partial charge in [-0.05, 0) is 29.8 Å². The van der Waals surface area contributed by atoms with Gasteiger partial charge in [0.1, 0.15) is 6.29 Å². The number of hydrogen-bond acceptors (Lipinski definition) is 2. The van der Waals surface area contributed by atoms with Gasteiger partial charge in [-0.15, -0.1) is 0 Å². The van der Waals surface area contributed by atoms with Crippen LogP contribution in [0.1, 0.15) is 31.8 Å². The standard InChI is InChI=1S/C16H11ClF3NO2/c17-13-5-4-12(14(7-13)16(18,19)20)8-21-15(23)11-3-1-2-10(6-11)9-22/h1-7,9H,8H2,(H,21,23). The van der Waals surface area contributed by atoms with E-state index in [0.29, 0.717) is 11.8 Å². The van der Waals surface area contributed by atoms with Crippen LogP contribution in [0.3, 0.4) is 0 Å². The van der Waals surface area contributed by atoms with E-state index in [0.717, 1.165) is 6.07 Å². The van der Waals surface area contributed by atoms with E-state index >= 15 is 0 Å². The van der Waals surface area contributed by atoms with Crippen molar-refractivity contribution in [3.05, 3.63) is 69.7 Å². The number of amides is 1. The Morgan fingerprint density at radius 3 is 2.57 bits per heavy atom. The van der Waals surface area contributed by atoms with Gasteiger partial charge in [0.2, 0.25) is 0 Å². The normalized spacial score (nSPS) is 11.1. The fraction of sp³-hybridized carbons (Fsp3) is 0.125. The molecule has 1 N–H and O–H groups in total. The molecule has 0 aromatic heterocycles. The summed E-state index contributed by atoms with van der Waals surface area (Å²) in [5.74, 6) is -0.572. The van der Waals surface area contributed by atoms with Crippen LogP contribution in [-0.2, 0) is 12.7 Å². The van der Waals surface area contributed by atoms with E-state index < -0.39 is 17.6 Å². The summed E-state index contributed by atoms with van der Waals surface area (Å²) in [7, 11) is 0. The van der Waals surface area contributed by atoms with Crippen LogP contribution in [0, 0.1) is 0 Å².